The fourth-order valence-electron chi connectivity index (χ4n) is 2.05. The minimum Gasteiger partial charge on any atom is -0.355 e. The number of benzene rings is 1. The molecule has 1 amide bonds. The average Bonchev–Trinajstić information content (AvgIpc) is 2.92. The summed E-state index contributed by atoms with van der Waals surface area (Å²) in [5.41, 5.74) is 0.282. The van der Waals surface area contributed by atoms with Crippen molar-refractivity contribution in [2.75, 3.05) is 20.1 Å². The SMILES string of the molecule is CNC(=O)c1ccc(Cl)c(S(=O)(=O)N2CCCC2)c1. The van der Waals surface area contributed by atoms with Gasteiger partial charge in [-0.15, -0.1) is 0 Å². The molecule has 2 rings (SSSR count). The van der Waals surface area contributed by atoms with Gasteiger partial charge in [-0.2, -0.15) is 4.31 Å². The van der Waals surface area contributed by atoms with E-state index in [4.69, 9.17) is 11.6 Å². The van der Waals surface area contributed by atoms with Gasteiger partial charge in [-0.05, 0) is 31.0 Å². The van der Waals surface area contributed by atoms with Gasteiger partial charge in [0.05, 0.1) is 5.02 Å². The molecule has 1 aliphatic rings. The van der Waals surface area contributed by atoms with Crippen molar-refractivity contribution >= 4 is 27.5 Å². The Morgan fingerprint density at radius 1 is 1.32 bits per heavy atom. The molecule has 5 nitrogen and oxygen atoms in total. The third-order valence-electron chi connectivity index (χ3n) is 3.10. The first kappa shape index (κ1) is 14.3. The van der Waals surface area contributed by atoms with E-state index >= 15 is 0 Å². The van der Waals surface area contributed by atoms with E-state index in [1.54, 1.807) is 0 Å². The van der Waals surface area contributed by atoms with Crippen molar-refractivity contribution in [1.29, 1.82) is 0 Å². The molecule has 1 aromatic rings. The van der Waals surface area contributed by atoms with Crippen LogP contribution >= 0.6 is 11.6 Å². The summed E-state index contributed by atoms with van der Waals surface area (Å²) in [5, 5.41) is 2.60. The molecule has 7 heteroatoms. The first-order valence-electron chi connectivity index (χ1n) is 5.98. The van der Waals surface area contributed by atoms with Gasteiger partial charge in [0.1, 0.15) is 4.90 Å². The second kappa shape index (κ2) is 5.48. The molecule has 19 heavy (non-hydrogen) atoms. The summed E-state index contributed by atoms with van der Waals surface area (Å²) < 4.78 is 26.3. The van der Waals surface area contributed by atoms with Crippen molar-refractivity contribution in [3.63, 3.8) is 0 Å². The summed E-state index contributed by atoms with van der Waals surface area (Å²) in [6, 6.07) is 4.27. The number of sulfonamides is 1. The minimum absolute atomic E-state index is 0.00262. The normalized spacial score (nSPS) is 16.5. The Morgan fingerprint density at radius 3 is 2.53 bits per heavy atom. The van der Waals surface area contributed by atoms with Crippen LogP contribution in [-0.2, 0) is 10.0 Å². The van der Waals surface area contributed by atoms with Gasteiger partial charge < -0.3 is 5.32 Å². The van der Waals surface area contributed by atoms with Crippen LogP contribution in [0.15, 0.2) is 23.1 Å². The highest BCUT2D eigenvalue weighted by Crippen LogP contribution is 2.28. The number of amides is 1. The van der Waals surface area contributed by atoms with Gasteiger partial charge in [-0.1, -0.05) is 11.6 Å². The van der Waals surface area contributed by atoms with E-state index in [2.05, 4.69) is 5.32 Å². The molecule has 1 aromatic carbocycles. The molecule has 0 radical (unpaired) electrons. The van der Waals surface area contributed by atoms with E-state index in [-0.39, 0.29) is 21.4 Å². The number of nitrogens with zero attached hydrogens (tertiary/aromatic N) is 1. The zero-order valence-electron chi connectivity index (χ0n) is 10.5. The highest BCUT2D eigenvalue weighted by Gasteiger charge is 2.29. The predicted molar refractivity (Wildman–Crippen MR) is 72.8 cm³/mol. The second-order valence-electron chi connectivity index (χ2n) is 4.34. The Kier molecular flexibility index (Phi) is 4.13. The fourth-order valence-corrected chi connectivity index (χ4v) is 4.07. The fraction of sp³-hybridized carbons (Fsp3) is 0.417. The van der Waals surface area contributed by atoms with Crippen molar-refractivity contribution in [1.82, 2.24) is 9.62 Å². The van der Waals surface area contributed by atoms with Crippen LogP contribution in [0.1, 0.15) is 23.2 Å². The third-order valence-corrected chi connectivity index (χ3v) is 5.48. The zero-order valence-corrected chi connectivity index (χ0v) is 12.1. The van der Waals surface area contributed by atoms with E-state index in [9.17, 15) is 13.2 Å². The smallest absolute Gasteiger partial charge is 0.251 e. The van der Waals surface area contributed by atoms with Crippen molar-refractivity contribution in [2.45, 2.75) is 17.7 Å². The second-order valence-corrected chi connectivity index (χ2v) is 6.65. The number of hydrogen-bond donors (Lipinski definition) is 1. The van der Waals surface area contributed by atoms with Crippen LogP contribution in [0, 0.1) is 0 Å². The molecule has 0 aromatic heterocycles. The number of hydrogen-bond acceptors (Lipinski definition) is 3. The molecule has 0 aliphatic carbocycles. The van der Waals surface area contributed by atoms with E-state index in [1.165, 1.54) is 29.6 Å². The van der Waals surface area contributed by atoms with Crippen LogP contribution in [0.5, 0.6) is 0 Å². The number of rotatable bonds is 3. The lowest BCUT2D eigenvalue weighted by molar-refractivity contribution is 0.0963. The molecular weight excluding hydrogens is 288 g/mol. The number of carbonyl (C=O) groups is 1. The first-order chi connectivity index (χ1) is 8.96. The molecule has 0 spiro atoms. The topological polar surface area (TPSA) is 66.5 Å². The maximum atomic E-state index is 12.4. The predicted octanol–water partition coefficient (Wildman–Crippen LogP) is 1.48. The maximum Gasteiger partial charge on any atom is 0.251 e. The molecular formula is C12H15ClN2O3S. The Morgan fingerprint density at radius 2 is 1.95 bits per heavy atom. The third kappa shape index (κ3) is 2.75. The number of carbonyl (C=O) groups excluding carboxylic acids is 1. The maximum absolute atomic E-state index is 12.4. The van der Waals surface area contributed by atoms with Gasteiger partial charge in [-0.25, -0.2) is 8.42 Å². The Labute approximate surface area is 117 Å². The number of nitrogens with one attached hydrogen (secondary N) is 1. The standard InChI is InChI=1S/C12H15ClN2O3S/c1-14-12(16)9-4-5-10(13)11(8-9)19(17,18)15-6-2-3-7-15/h4-5,8H,2-3,6-7H2,1H3,(H,14,16). The zero-order chi connectivity index (χ0) is 14.0. The summed E-state index contributed by atoms with van der Waals surface area (Å²) in [7, 11) is -2.12. The summed E-state index contributed by atoms with van der Waals surface area (Å²) in [6.07, 6.45) is 1.71. The van der Waals surface area contributed by atoms with Crippen LogP contribution in [0.25, 0.3) is 0 Å². The Balaban J connectivity index is 2.46. The van der Waals surface area contributed by atoms with Crippen molar-refractivity contribution < 1.29 is 13.2 Å². The quantitative estimate of drug-likeness (QED) is 0.920. The summed E-state index contributed by atoms with van der Waals surface area (Å²) in [6.45, 7) is 1.01. The Bertz CT molecular complexity index is 595. The molecule has 0 atom stereocenters. The van der Waals surface area contributed by atoms with Crippen LogP contribution in [0.4, 0.5) is 0 Å². The number of halogens is 1. The van der Waals surface area contributed by atoms with Crippen molar-refractivity contribution in [2.24, 2.45) is 0 Å². The van der Waals surface area contributed by atoms with Gasteiger partial charge in [0.25, 0.3) is 5.91 Å². The summed E-state index contributed by atoms with van der Waals surface area (Å²) in [4.78, 5) is 11.6. The molecule has 1 saturated heterocycles. The lowest BCUT2D eigenvalue weighted by Gasteiger charge is -2.17. The minimum atomic E-state index is -3.61. The molecule has 1 fully saturated rings. The lowest BCUT2D eigenvalue weighted by Crippen LogP contribution is -2.28. The van der Waals surface area contributed by atoms with Gasteiger partial charge in [0.2, 0.25) is 10.0 Å². The van der Waals surface area contributed by atoms with E-state index in [1.807, 2.05) is 0 Å². The van der Waals surface area contributed by atoms with E-state index in [0.717, 1.165) is 12.8 Å². The lowest BCUT2D eigenvalue weighted by atomic mass is 10.2. The average molecular weight is 303 g/mol. The van der Waals surface area contributed by atoms with Crippen LogP contribution in [-0.4, -0.2) is 38.8 Å². The van der Waals surface area contributed by atoms with Gasteiger partial charge >= 0.3 is 0 Å². The van der Waals surface area contributed by atoms with Crippen molar-refractivity contribution in [3.8, 4) is 0 Å². The molecule has 1 heterocycles. The molecule has 1 aliphatic heterocycles. The highest BCUT2D eigenvalue weighted by atomic mass is 35.5. The van der Waals surface area contributed by atoms with Crippen molar-refractivity contribution in [3.05, 3.63) is 28.8 Å². The first-order valence-corrected chi connectivity index (χ1v) is 7.80. The van der Waals surface area contributed by atoms with Crippen LogP contribution in [0.2, 0.25) is 5.02 Å². The van der Waals surface area contributed by atoms with E-state index < -0.39 is 10.0 Å². The molecule has 104 valence electrons. The Hall–Kier alpha value is -1.11. The van der Waals surface area contributed by atoms with E-state index in [0.29, 0.717) is 13.1 Å². The van der Waals surface area contributed by atoms with Gasteiger partial charge in [0, 0.05) is 25.7 Å². The largest absolute Gasteiger partial charge is 0.355 e. The van der Waals surface area contributed by atoms with Crippen LogP contribution in [0.3, 0.4) is 0 Å². The van der Waals surface area contributed by atoms with Gasteiger partial charge in [0.15, 0.2) is 0 Å². The molecule has 0 saturated carbocycles. The monoisotopic (exact) mass is 302 g/mol. The molecule has 0 unspecified atom stereocenters. The molecule has 1 N–H and O–H groups in total. The highest BCUT2D eigenvalue weighted by molar-refractivity contribution is 7.89. The summed E-state index contributed by atoms with van der Waals surface area (Å²) >= 11 is 5.97. The van der Waals surface area contributed by atoms with Crippen LogP contribution < -0.4 is 5.32 Å². The van der Waals surface area contributed by atoms with Gasteiger partial charge in [-0.3, -0.25) is 4.79 Å². The summed E-state index contributed by atoms with van der Waals surface area (Å²) in [5.74, 6) is -0.338. The molecule has 0 bridgehead atoms.